The molecule has 0 bridgehead atoms. The summed E-state index contributed by atoms with van der Waals surface area (Å²) >= 11 is 0. The van der Waals surface area contributed by atoms with Gasteiger partial charge in [-0.1, -0.05) is 18.2 Å². The normalized spacial score (nSPS) is 17.2. The first-order chi connectivity index (χ1) is 10.3. The quantitative estimate of drug-likeness (QED) is 0.676. The van der Waals surface area contributed by atoms with E-state index in [1.165, 1.54) is 5.56 Å². The summed E-state index contributed by atoms with van der Waals surface area (Å²) in [5, 5.41) is 3.52. The van der Waals surface area contributed by atoms with E-state index in [1.54, 1.807) is 0 Å². The first kappa shape index (κ1) is 12.1. The number of H-pyrrole nitrogens is 2. The molecule has 3 aromatic rings. The molecule has 21 heavy (non-hydrogen) atoms. The van der Waals surface area contributed by atoms with Gasteiger partial charge < -0.3 is 20.0 Å². The predicted octanol–water partition coefficient (Wildman–Crippen LogP) is 2.79. The number of ether oxygens (including phenoxy) is 1. The van der Waals surface area contributed by atoms with E-state index >= 15 is 0 Å². The summed E-state index contributed by atoms with van der Waals surface area (Å²) in [6.45, 7) is 0.706. The van der Waals surface area contributed by atoms with Gasteiger partial charge in [-0.05, 0) is 24.3 Å². The number of para-hydroxylation sites is 1. The lowest BCUT2D eigenvalue weighted by atomic mass is 10.0. The maximum Gasteiger partial charge on any atom is 0.323 e. The molecule has 0 saturated heterocycles. The third kappa shape index (κ3) is 2.16. The summed E-state index contributed by atoms with van der Waals surface area (Å²) < 4.78 is 5.67. The van der Waals surface area contributed by atoms with E-state index in [-0.39, 0.29) is 11.7 Å². The number of hydrogen-bond donors (Lipinski definition) is 3. The van der Waals surface area contributed by atoms with Crippen LogP contribution in [0.5, 0.6) is 5.75 Å². The van der Waals surface area contributed by atoms with Crippen LogP contribution in [0.1, 0.15) is 18.0 Å². The molecular formula is C16H15N3O2. The summed E-state index contributed by atoms with van der Waals surface area (Å²) in [5.74, 6) is 0.942. The molecular weight excluding hydrogens is 266 g/mol. The molecule has 0 saturated carbocycles. The highest BCUT2D eigenvalue weighted by atomic mass is 16.5. The number of aromatic amines is 2. The third-order valence-corrected chi connectivity index (χ3v) is 3.82. The number of nitrogens with one attached hydrogen (secondary N) is 3. The van der Waals surface area contributed by atoms with Gasteiger partial charge in [0.1, 0.15) is 5.75 Å². The predicted molar refractivity (Wildman–Crippen MR) is 81.8 cm³/mol. The van der Waals surface area contributed by atoms with E-state index < -0.39 is 0 Å². The molecule has 0 spiro atoms. The molecule has 3 N–H and O–H groups in total. The second-order valence-corrected chi connectivity index (χ2v) is 5.21. The van der Waals surface area contributed by atoms with Crippen LogP contribution in [0.15, 0.2) is 47.3 Å². The maximum atomic E-state index is 11.3. The van der Waals surface area contributed by atoms with Crippen molar-refractivity contribution in [2.24, 2.45) is 0 Å². The van der Waals surface area contributed by atoms with E-state index in [2.05, 4.69) is 21.4 Å². The average Bonchev–Trinajstić information content (AvgIpc) is 2.87. The zero-order chi connectivity index (χ0) is 14.2. The van der Waals surface area contributed by atoms with Gasteiger partial charge in [0.15, 0.2) is 0 Å². The Kier molecular flexibility index (Phi) is 2.70. The SMILES string of the molecule is O=c1[nH]c2ccc(NC3CCOc4ccccc43)cc2[nH]1. The highest BCUT2D eigenvalue weighted by Crippen LogP contribution is 2.34. The van der Waals surface area contributed by atoms with Crippen molar-refractivity contribution < 1.29 is 4.74 Å². The number of fused-ring (bicyclic) bond motifs is 2. The lowest BCUT2D eigenvalue weighted by Crippen LogP contribution is -2.20. The minimum atomic E-state index is -0.182. The molecule has 106 valence electrons. The van der Waals surface area contributed by atoms with Gasteiger partial charge in [0.25, 0.3) is 0 Å². The highest BCUT2D eigenvalue weighted by Gasteiger charge is 2.20. The Morgan fingerprint density at radius 1 is 1.10 bits per heavy atom. The molecule has 1 aliphatic rings. The van der Waals surface area contributed by atoms with Crippen molar-refractivity contribution >= 4 is 16.7 Å². The van der Waals surface area contributed by atoms with Crippen molar-refractivity contribution in [3.63, 3.8) is 0 Å². The minimum absolute atomic E-state index is 0.182. The summed E-state index contributed by atoms with van der Waals surface area (Å²) in [6, 6.07) is 14.1. The Bertz CT molecular complexity index is 850. The van der Waals surface area contributed by atoms with Gasteiger partial charge in [0.05, 0.1) is 23.7 Å². The van der Waals surface area contributed by atoms with E-state index in [0.29, 0.717) is 6.61 Å². The number of imidazole rings is 1. The van der Waals surface area contributed by atoms with Crippen molar-refractivity contribution in [3.8, 4) is 5.75 Å². The number of hydrogen-bond acceptors (Lipinski definition) is 3. The molecule has 0 radical (unpaired) electrons. The van der Waals surface area contributed by atoms with Crippen LogP contribution in [0.25, 0.3) is 11.0 Å². The van der Waals surface area contributed by atoms with Crippen LogP contribution in [0.4, 0.5) is 5.69 Å². The fourth-order valence-electron chi connectivity index (χ4n) is 2.82. The standard InChI is InChI=1S/C16H15N3O2/c20-16-18-13-6-5-10(9-14(13)19-16)17-12-7-8-21-15-4-2-1-3-11(12)15/h1-6,9,12,17H,7-8H2,(H2,18,19,20). The van der Waals surface area contributed by atoms with E-state index in [0.717, 1.165) is 28.9 Å². The summed E-state index contributed by atoms with van der Waals surface area (Å²) in [7, 11) is 0. The molecule has 4 rings (SSSR count). The molecule has 0 aliphatic carbocycles. The van der Waals surface area contributed by atoms with Crippen molar-refractivity contribution in [2.45, 2.75) is 12.5 Å². The first-order valence-electron chi connectivity index (χ1n) is 7.00. The lowest BCUT2D eigenvalue weighted by molar-refractivity contribution is 0.274. The molecule has 0 fully saturated rings. The molecule has 2 heterocycles. The fourth-order valence-corrected chi connectivity index (χ4v) is 2.82. The summed E-state index contributed by atoms with van der Waals surface area (Å²) in [5.41, 5.74) is 3.60. The molecule has 0 amide bonds. The van der Waals surface area contributed by atoms with Crippen LogP contribution in [0, 0.1) is 0 Å². The molecule has 1 unspecified atom stereocenters. The molecule has 1 atom stereocenters. The smallest absolute Gasteiger partial charge is 0.323 e. The summed E-state index contributed by atoms with van der Waals surface area (Å²) in [4.78, 5) is 16.8. The second kappa shape index (κ2) is 4.70. The Morgan fingerprint density at radius 3 is 2.90 bits per heavy atom. The molecule has 5 heteroatoms. The lowest BCUT2D eigenvalue weighted by Gasteiger charge is -2.27. The van der Waals surface area contributed by atoms with E-state index in [4.69, 9.17) is 4.74 Å². The van der Waals surface area contributed by atoms with Gasteiger partial charge >= 0.3 is 5.69 Å². The zero-order valence-electron chi connectivity index (χ0n) is 11.3. The van der Waals surface area contributed by atoms with Crippen molar-refractivity contribution in [2.75, 3.05) is 11.9 Å². The van der Waals surface area contributed by atoms with E-state index in [9.17, 15) is 4.79 Å². The third-order valence-electron chi connectivity index (χ3n) is 3.82. The van der Waals surface area contributed by atoms with Gasteiger partial charge in [0.2, 0.25) is 0 Å². The molecule has 5 nitrogen and oxygen atoms in total. The number of anilines is 1. The van der Waals surface area contributed by atoms with Crippen LogP contribution in [0.3, 0.4) is 0 Å². The van der Waals surface area contributed by atoms with Gasteiger partial charge in [-0.3, -0.25) is 0 Å². The number of aromatic nitrogens is 2. The average molecular weight is 281 g/mol. The van der Waals surface area contributed by atoms with Crippen LogP contribution >= 0.6 is 0 Å². The van der Waals surface area contributed by atoms with Gasteiger partial charge in [-0.2, -0.15) is 0 Å². The maximum absolute atomic E-state index is 11.3. The number of rotatable bonds is 2. The van der Waals surface area contributed by atoms with Crippen LogP contribution in [0.2, 0.25) is 0 Å². The largest absolute Gasteiger partial charge is 0.493 e. The Balaban J connectivity index is 1.67. The molecule has 1 aliphatic heterocycles. The zero-order valence-corrected chi connectivity index (χ0v) is 11.3. The fraction of sp³-hybridized carbons (Fsp3) is 0.188. The van der Waals surface area contributed by atoms with Crippen molar-refractivity contribution in [1.29, 1.82) is 0 Å². The van der Waals surface area contributed by atoms with Crippen molar-refractivity contribution in [1.82, 2.24) is 9.97 Å². The summed E-state index contributed by atoms with van der Waals surface area (Å²) in [6.07, 6.45) is 0.915. The van der Waals surface area contributed by atoms with Crippen LogP contribution < -0.4 is 15.7 Å². The monoisotopic (exact) mass is 281 g/mol. The topological polar surface area (TPSA) is 69.9 Å². The van der Waals surface area contributed by atoms with Gasteiger partial charge in [0, 0.05) is 17.7 Å². The Morgan fingerprint density at radius 2 is 1.95 bits per heavy atom. The number of benzene rings is 2. The van der Waals surface area contributed by atoms with Crippen LogP contribution in [-0.2, 0) is 0 Å². The van der Waals surface area contributed by atoms with Crippen LogP contribution in [-0.4, -0.2) is 16.6 Å². The van der Waals surface area contributed by atoms with Gasteiger partial charge in [-0.15, -0.1) is 0 Å². The molecule has 1 aromatic heterocycles. The second-order valence-electron chi connectivity index (χ2n) is 5.21. The highest BCUT2D eigenvalue weighted by molar-refractivity contribution is 5.78. The van der Waals surface area contributed by atoms with E-state index in [1.807, 2.05) is 36.4 Å². The van der Waals surface area contributed by atoms with Gasteiger partial charge in [-0.25, -0.2) is 4.79 Å². The van der Waals surface area contributed by atoms with Crippen molar-refractivity contribution in [3.05, 3.63) is 58.5 Å². The Labute approximate surface area is 121 Å². The first-order valence-corrected chi connectivity index (χ1v) is 7.00. The minimum Gasteiger partial charge on any atom is -0.493 e. The Hall–Kier alpha value is -2.69. The molecule has 2 aromatic carbocycles.